The molecule has 2 unspecified atom stereocenters. The lowest BCUT2D eigenvalue weighted by molar-refractivity contribution is -0.0136. The molecule has 2 atom stereocenters. The molecule has 0 radical (unpaired) electrons. The Hall–Kier alpha value is -0.970. The van der Waals surface area contributed by atoms with E-state index in [2.05, 4.69) is 5.43 Å². The van der Waals surface area contributed by atoms with Gasteiger partial charge in [0.1, 0.15) is 5.82 Å². The fraction of sp³-hybridized carbons (Fsp3) is 0.571. The van der Waals surface area contributed by atoms with Crippen molar-refractivity contribution in [2.24, 2.45) is 5.84 Å². The molecule has 1 aromatic carbocycles. The molecule has 3 nitrogen and oxygen atoms in total. The second-order valence-electron chi connectivity index (χ2n) is 5.34. The fourth-order valence-corrected chi connectivity index (χ4v) is 2.89. The van der Waals surface area contributed by atoms with Crippen LogP contribution >= 0.6 is 0 Å². The Kier molecular flexibility index (Phi) is 3.71. The molecule has 1 heterocycles. The summed E-state index contributed by atoms with van der Waals surface area (Å²) < 4.78 is 20.0. The average molecular weight is 252 g/mol. The van der Waals surface area contributed by atoms with Crippen LogP contribution in [0.1, 0.15) is 42.5 Å². The maximum absolute atomic E-state index is 14.2. The van der Waals surface area contributed by atoms with Crippen molar-refractivity contribution in [1.29, 1.82) is 0 Å². The standard InChI is InChI=1S/C14H21FN2O/c1-9-7-10(2)12(11(15)8-9)13(17-16)14(3)5-4-6-18-14/h7-8,13,17H,4-6,16H2,1-3H3. The minimum absolute atomic E-state index is 0.216. The number of halogens is 1. The summed E-state index contributed by atoms with van der Waals surface area (Å²) in [6, 6.07) is 3.20. The second kappa shape index (κ2) is 4.96. The Morgan fingerprint density at radius 3 is 2.67 bits per heavy atom. The van der Waals surface area contributed by atoms with Crippen LogP contribution in [0.2, 0.25) is 0 Å². The third-order valence-electron chi connectivity index (χ3n) is 3.80. The molecule has 1 saturated heterocycles. The quantitative estimate of drug-likeness (QED) is 0.642. The number of nitrogens with two attached hydrogens (primary N) is 1. The highest BCUT2D eigenvalue weighted by molar-refractivity contribution is 5.36. The van der Waals surface area contributed by atoms with E-state index in [9.17, 15) is 4.39 Å². The first-order valence-corrected chi connectivity index (χ1v) is 6.34. The van der Waals surface area contributed by atoms with Gasteiger partial charge in [0.25, 0.3) is 0 Å². The first-order valence-electron chi connectivity index (χ1n) is 6.34. The Bertz CT molecular complexity index is 418. The van der Waals surface area contributed by atoms with E-state index in [1.54, 1.807) is 6.07 Å². The van der Waals surface area contributed by atoms with Crippen molar-refractivity contribution in [2.75, 3.05) is 6.61 Å². The van der Waals surface area contributed by atoms with Gasteiger partial charge in [0.15, 0.2) is 0 Å². The van der Waals surface area contributed by atoms with Crippen molar-refractivity contribution in [3.05, 3.63) is 34.6 Å². The van der Waals surface area contributed by atoms with Crippen LogP contribution < -0.4 is 11.3 Å². The molecule has 3 N–H and O–H groups in total. The molecular formula is C14H21FN2O. The van der Waals surface area contributed by atoms with Crippen molar-refractivity contribution in [2.45, 2.75) is 45.3 Å². The van der Waals surface area contributed by atoms with Crippen LogP contribution in [0.4, 0.5) is 4.39 Å². The Morgan fingerprint density at radius 1 is 1.44 bits per heavy atom. The lowest BCUT2D eigenvalue weighted by Crippen LogP contribution is -2.45. The van der Waals surface area contributed by atoms with Gasteiger partial charge < -0.3 is 4.74 Å². The van der Waals surface area contributed by atoms with E-state index in [1.807, 2.05) is 26.8 Å². The number of aryl methyl sites for hydroxylation is 2. The summed E-state index contributed by atoms with van der Waals surface area (Å²) in [4.78, 5) is 0. The van der Waals surface area contributed by atoms with Crippen LogP contribution in [0.5, 0.6) is 0 Å². The monoisotopic (exact) mass is 252 g/mol. The van der Waals surface area contributed by atoms with E-state index in [1.165, 1.54) is 0 Å². The maximum Gasteiger partial charge on any atom is 0.128 e. The summed E-state index contributed by atoms with van der Waals surface area (Å²) in [6.07, 6.45) is 1.87. The molecule has 18 heavy (non-hydrogen) atoms. The number of hydrogen-bond acceptors (Lipinski definition) is 3. The first kappa shape index (κ1) is 13.5. The third kappa shape index (κ3) is 2.28. The largest absolute Gasteiger partial charge is 0.373 e. The highest BCUT2D eigenvalue weighted by Crippen LogP contribution is 2.39. The molecule has 0 aromatic heterocycles. The van der Waals surface area contributed by atoms with Gasteiger partial charge in [-0.15, -0.1) is 0 Å². The van der Waals surface area contributed by atoms with Crippen LogP contribution in [0.15, 0.2) is 12.1 Å². The predicted molar refractivity (Wildman–Crippen MR) is 69.5 cm³/mol. The van der Waals surface area contributed by atoms with Gasteiger partial charge in [0.05, 0.1) is 11.6 Å². The normalized spacial score (nSPS) is 25.4. The summed E-state index contributed by atoms with van der Waals surface area (Å²) in [5, 5.41) is 0. The molecule has 100 valence electrons. The number of hydrazine groups is 1. The van der Waals surface area contributed by atoms with Gasteiger partial charge in [-0.3, -0.25) is 5.84 Å². The number of hydrogen-bond donors (Lipinski definition) is 2. The predicted octanol–water partition coefficient (Wildman–Crippen LogP) is 2.52. The van der Waals surface area contributed by atoms with Gasteiger partial charge in [-0.2, -0.15) is 0 Å². The van der Waals surface area contributed by atoms with Gasteiger partial charge in [-0.1, -0.05) is 6.07 Å². The Balaban J connectivity index is 2.45. The van der Waals surface area contributed by atoms with Crippen LogP contribution in [-0.2, 0) is 4.74 Å². The summed E-state index contributed by atoms with van der Waals surface area (Å²) >= 11 is 0. The smallest absolute Gasteiger partial charge is 0.128 e. The SMILES string of the molecule is Cc1cc(C)c(C(NN)C2(C)CCCO2)c(F)c1. The lowest BCUT2D eigenvalue weighted by Gasteiger charge is -2.34. The highest BCUT2D eigenvalue weighted by atomic mass is 19.1. The molecule has 1 aliphatic heterocycles. The van der Waals surface area contributed by atoms with Crippen molar-refractivity contribution in [1.82, 2.24) is 5.43 Å². The minimum Gasteiger partial charge on any atom is -0.373 e. The topological polar surface area (TPSA) is 47.3 Å². The summed E-state index contributed by atoms with van der Waals surface area (Å²) in [6.45, 7) is 6.50. The molecule has 1 aliphatic rings. The number of nitrogens with one attached hydrogen (secondary N) is 1. The van der Waals surface area contributed by atoms with Gasteiger partial charge in [-0.05, 0) is 50.8 Å². The number of benzene rings is 1. The van der Waals surface area contributed by atoms with Crippen molar-refractivity contribution >= 4 is 0 Å². The average Bonchev–Trinajstić information content (AvgIpc) is 2.71. The molecule has 0 bridgehead atoms. The summed E-state index contributed by atoms with van der Waals surface area (Å²) in [5.41, 5.74) is 4.75. The maximum atomic E-state index is 14.2. The Morgan fingerprint density at radius 2 is 2.17 bits per heavy atom. The van der Waals surface area contributed by atoms with E-state index in [0.29, 0.717) is 12.2 Å². The van der Waals surface area contributed by atoms with Gasteiger partial charge >= 0.3 is 0 Å². The van der Waals surface area contributed by atoms with E-state index < -0.39 is 5.60 Å². The van der Waals surface area contributed by atoms with E-state index >= 15 is 0 Å². The highest BCUT2D eigenvalue weighted by Gasteiger charge is 2.40. The lowest BCUT2D eigenvalue weighted by atomic mass is 9.85. The van der Waals surface area contributed by atoms with E-state index in [0.717, 1.165) is 24.0 Å². The molecule has 4 heteroatoms. The first-order chi connectivity index (χ1) is 8.48. The zero-order chi connectivity index (χ0) is 13.3. The van der Waals surface area contributed by atoms with Gasteiger partial charge in [0.2, 0.25) is 0 Å². The zero-order valence-corrected chi connectivity index (χ0v) is 11.2. The molecule has 1 aromatic rings. The zero-order valence-electron chi connectivity index (χ0n) is 11.2. The molecule has 0 saturated carbocycles. The molecule has 0 aliphatic carbocycles. The summed E-state index contributed by atoms with van der Waals surface area (Å²) in [5.74, 6) is 5.43. The number of rotatable bonds is 3. The third-order valence-corrected chi connectivity index (χ3v) is 3.80. The summed E-state index contributed by atoms with van der Waals surface area (Å²) in [7, 11) is 0. The second-order valence-corrected chi connectivity index (χ2v) is 5.34. The Labute approximate surface area is 107 Å². The molecule has 2 rings (SSSR count). The van der Waals surface area contributed by atoms with Crippen molar-refractivity contribution < 1.29 is 9.13 Å². The number of ether oxygens (including phenoxy) is 1. The van der Waals surface area contributed by atoms with E-state index in [-0.39, 0.29) is 11.9 Å². The van der Waals surface area contributed by atoms with Crippen LogP contribution in [-0.4, -0.2) is 12.2 Å². The van der Waals surface area contributed by atoms with Crippen LogP contribution in [0.25, 0.3) is 0 Å². The van der Waals surface area contributed by atoms with Crippen LogP contribution in [0.3, 0.4) is 0 Å². The molecular weight excluding hydrogens is 231 g/mol. The molecule has 1 fully saturated rings. The fourth-order valence-electron chi connectivity index (χ4n) is 2.89. The molecule has 0 spiro atoms. The van der Waals surface area contributed by atoms with Gasteiger partial charge in [-0.25, -0.2) is 9.82 Å². The van der Waals surface area contributed by atoms with E-state index in [4.69, 9.17) is 10.6 Å². The minimum atomic E-state index is -0.435. The van der Waals surface area contributed by atoms with Crippen LogP contribution in [0, 0.1) is 19.7 Å². The van der Waals surface area contributed by atoms with Crippen molar-refractivity contribution in [3.8, 4) is 0 Å². The van der Waals surface area contributed by atoms with Gasteiger partial charge in [0, 0.05) is 12.2 Å². The van der Waals surface area contributed by atoms with Crippen molar-refractivity contribution in [3.63, 3.8) is 0 Å². The molecule has 0 amide bonds.